The molecule has 0 radical (unpaired) electrons. The summed E-state index contributed by atoms with van der Waals surface area (Å²) in [5.74, 6) is 0. The molecule has 1 aromatic rings. The first-order valence-corrected chi connectivity index (χ1v) is 6.91. The predicted molar refractivity (Wildman–Crippen MR) is 73.2 cm³/mol. The third kappa shape index (κ3) is 4.10. The van der Waals surface area contributed by atoms with Gasteiger partial charge in [-0.05, 0) is 19.8 Å². The van der Waals surface area contributed by atoms with Crippen LogP contribution in [0.15, 0.2) is 12.4 Å². The van der Waals surface area contributed by atoms with Crippen LogP contribution in [0, 0.1) is 6.92 Å². The minimum Gasteiger partial charge on any atom is -0.258 e. The number of unbranched alkanes of at least 4 members (excludes halogenated alkanes) is 2. The molecule has 96 valence electrons. The van der Waals surface area contributed by atoms with Crippen LogP contribution in [0.1, 0.15) is 70.7 Å². The van der Waals surface area contributed by atoms with Gasteiger partial charge in [-0.3, -0.25) is 9.97 Å². The standard InChI is InChI=1S/C15H26N2/c1-5-7-9-15(4,10-8-6-2)14-12-16-13(3)11-17-14/h11-12H,5-10H2,1-4H3. The highest BCUT2D eigenvalue weighted by Crippen LogP contribution is 2.33. The summed E-state index contributed by atoms with van der Waals surface area (Å²) in [5, 5.41) is 0. The molecule has 0 unspecified atom stereocenters. The van der Waals surface area contributed by atoms with Crippen LogP contribution >= 0.6 is 0 Å². The van der Waals surface area contributed by atoms with Gasteiger partial charge in [0.05, 0.1) is 11.4 Å². The van der Waals surface area contributed by atoms with E-state index in [0.717, 1.165) is 5.69 Å². The Morgan fingerprint density at radius 1 is 1.00 bits per heavy atom. The Morgan fingerprint density at radius 2 is 1.59 bits per heavy atom. The molecule has 2 nitrogen and oxygen atoms in total. The molecular weight excluding hydrogens is 208 g/mol. The predicted octanol–water partition coefficient (Wildman–Crippen LogP) is 4.42. The number of aromatic nitrogens is 2. The molecule has 1 aromatic heterocycles. The zero-order chi connectivity index (χ0) is 12.7. The maximum atomic E-state index is 4.59. The molecule has 0 saturated heterocycles. The molecular formula is C15H26N2. The van der Waals surface area contributed by atoms with Gasteiger partial charge in [-0.2, -0.15) is 0 Å². The molecule has 2 heteroatoms. The van der Waals surface area contributed by atoms with E-state index in [0.29, 0.717) is 0 Å². The molecule has 0 aromatic carbocycles. The van der Waals surface area contributed by atoms with Crippen molar-refractivity contribution in [3.63, 3.8) is 0 Å². The van der Waals surface area contributed by atoms with E-state index >= 15 is 0 Å². The normalized spacial score (nSPS) is 11.8. The second kappa shape index (κ2) is 6.73. The lowest BCUT2D eigenvalue weighted by Crippen LogP contribution is -2.23. The smallest absolute Gasteiger partial charge is 0.0645 e. The highest BCUT2D eigenvalue weighted by molar-refractivity contribution is 5.13. The van der Waals surface area contributed by atoms with Crippen LogP contribution in [0.4, 0.5) is 0 Å². The molecule has 0 aliphatic carbocycles. The zero-order valence-corrected chi connectivity index (χ0v) is 11.8. The van der Waals surface area contributed by atoms with Crippen LogP contribution in [0.25, 0.3) is 0 Å². The van der Waals surface area contributed by atoms with Gasteiger partial charge in [-0.1, -0.05) is 46.5 Å². The summed E-state index contributed by atoms with van der Waals surface area (Å²) in [6.45, 7) is 8.84. The molecule has 0 aliphatic heterocycles. The monoisotopic (exact) mass is 234 g/mol. The SMILES string of the molecule is CCCCC(C)(CCCC)c1cnc(C)cn1. The molecule has 0 spiro atoms. The van der Waals surface area contributed by atoms with Crippen LogP contribution in [0.2, 0.25) is 0 Å². The third-order valence-corrected chi connectivity index (χ3v) is 3.56. The second-order valence-corrected chi connectivity index (χ2v) is 5.31. The summed E-state index contributed by atoms with van der Waals surface area (Å²) in [6, 6.07) is 0. The van der Waals surface area contributed by atoms with E-state index in [9.17, 15) is 0 Å². The fourth-order valence-electron chi connectivity index (χ4n) is 2.22. The van der Waals surface area contributed by atoms with Gasteiger partial charge in [-0.15, -0.1) is 0 Å². The quantitative estimate of drug-likeness (QED) is 0.697. The van der Waals surface area contributed by atoms with Gasteiger partial charge in [0.15, 0.2) is 0 Å². The molecule has 0 atom stereocenters. The molecule has 0 fully saturated rings. The molecule has 1 heterocycles. The lowest BCUT2D eigenvalue weighted by atomic mass is 9.77. The molecule has 17 heavy (non-hydrogen) atoms. The van der Waals surface area contributed by atoms with Gasteiger partial charge < -0.3 is 0 Å². The van der Waals surface area contributed by atoms with Crippen LogP contribution in [0.3, 0.4) is 0 Å². The van der Waals surface area contributed by atoms with Crippen molar-refractivity contribution in [2.75, 3.05) is 0 Å². The number of nitrogens with zero attached hydrogens (tertiary/aromatic N) is 2. The van der Waals surface area contributed by atoms with Gasteiger partial charge in [0, 0.05) is 17.8 Å². The minimum atomic E-state index is 0.215. The maximum Gasteiger partial charge on any atom is 0.0645 e. The summed E-state index contributed by atoms with van der Waals surface area (Å²) in [5.41, 5.74) is 2.39. The molecule has 0 aliphatic rings. The lowest BCUT2D eigenvalue weighted by Gasteiger charge is -2.28. The number of aryl methyl sites for hydroxylation is 1. The van der Waals surface area contributed by atoms with E-state index in [1.807, 2.05) is 19.3 Å². The van der Waals surface area contributed by atoms with Crippen molar-refractivity contribution < 1.29 is 0 Å². The molecule has 1 rings (SSSR count). The Bertz CT molecular complexity index is 308. The van der Waals surface area contributed by atoms with Gasteiger partial charge in [-0.25, -0.2) is 0 Å². The van der Waals surface area contributed by atoms with Crippen LogP contribution < -0.4 is 0 Å². The summed E-state index contributed by atoms with van der Waals surface area (Å²) in [6.07, 6.45) is 11.4. The molecule has 0 N–H and O–H groups in total. The van der Waals surface area contributed by atoms with Crippen molar-refractivity contribution in [1.82, 2.24) is 9.97 Å². The zero-order valence-electron chi connectivity index (χ0n) is 11.8. The summed E-state index contributed by atoms with van der Waals surface area (Å²) in [4.78, 5) is 8.99. The van der Waals surface area contributed by atoms with Crippen LogP contribution in [-0.2, 0) is 5.41 Å². The Labute approximate surface area is 106 Å². The van der Waals surface area contributed by atoms with E-state index in [-0.39, 0.29) is 5.41 Å². The Hall–Kier alpha value is -0.920. The Morgan fingerprint density at radius 3 is 2.00 bits per heavy atom. The Balaban J connectivity index is 2.83. The minimum absolute atomic E-state index is 0.215. The van der Waals surface area contributed by atoms with Gasteiger partial charge >= 0.3 is 0 Å². The fourth-order valence-corrected chi connectivity index (χ4v) is 2.22. The third-order valence-electron chi connectivity index (χ3n) is 3.56. The molecule has 0 amide bonds. The molecule has 0 bridgehead atoms. The second-order valence-electron chi connectivity index (χ2n) is 5.31. The van der Waals surface area contributed by atoms with Crippen molar-refractivity contribution in [3.8, 4) is 0 Å². The first kappa shape index (κ1) is 14.1. The number of rotatable bonds is 7. The van der Waals surface area contributed by atoms with E-state index in [1.165, 1.54) is 44.2 Å². The summed E-state index contributed by atoms with van der Waals surface area (Å²) >= 11 is 0. The fraction of sp³-hybridized carbons (Fsp3) is 0.733. The maximum absolute atomic E-state index is 4.59. The summed E-state index contributed by atoms with van der Waals surface area (Å²) in [7, 11) is 0. The first-order chi connectivity index (χ1) is 8.12. The largest absolute Gasteiger partial charge is 0.258 e. The van der Waals surface area contributed by atoms with E-state index in [1.54, 1.807) is 0 Å². The van der Waals surface area contributed by atoms with E-state index in [2.05, 4.69) is 30.7 Å². The first-order valence-electron chi connectivity index (χ1n) is 6.91. The van der Waals surface area contributed by atoms with Crippen molar-refractivity contribution in [1.29, 1.82) is 0 Å². The number of hydrogen-bond acceptors (Lipinski definition) is 2. The van der Waals surface area contributed by atoms with Crippen molar-refractivity contribution in [2.45, 2.75) is 71.6 Å². The average molecular weight is 234 g/mol. The molecule has 0 saturated carbocycles. The van der Waals surface area contributed by atoms with Crippen molar-refractivity contribution >= 4 is 0 Å². The van der Waals surface area contributed by atoms with Gasteiger partial charge in [0.1, 0.15) is 0 Å². The van der Waals surface area contributed by atoms with E-state index in [4.69, 9.17) is 0 Å². The summed E-state index contributed by atoms with van der Waals surface area (Å²) < 4.78 is 0. The lowest BCUT2D eigenvalue weighted by molar-refractivity contribution is 0.363. The van der Waals surface area contributed by atoms with Crippen LogP contribution in [0.5, 0.6) is 0 Å². The van der Waals surface area contributed by atoms with E-state index < -0.39 is 0 Å². The van der Waals surface area contributed by atoms with Crippen molar-refractivity contribution in [2.24, 2.45) is 0 Å². The highest BCUT2D eigenvalue weighted by Gasteiger charge is 2.27. The highest BCUT2D eigenvalue weighted by atomic mass is 14.8. The average Bonchev–Trinajstić information content (AvgIpc) is 2.34. The van der Waals surface area contributed by atoms with Crippen molar-refractivity contribution in [3.05, 3.63) is 23.8 Å². The van der Waals surface area contributed by atoms with Gasteiger partial charge in [0.2, 0.25) is 0 Å². The Kier molecular flexibility index (Phi) is 5.60. The van der Waals surface area contributed by atoms with Gasteiger partial charge in [0.25, 0.3) is 0 Å². The van der Waals surface area contributed by atoms with Crippen LogP contribution in [-0.4, -0.2) is 9.97 Å². The topological polar surface area (TPSA) is 25.8 Å². The number of hydrogen-bond donors (Lipinski definition) is 0.